The van der Waals surface area contributed by atoms with Crippen LogP contribution in [0.15, 0.2) is 48.6 Å². The van der Waals surface area contributed by atoms with Crippen molar-refractivity contribution in [1.29, 1.82) is 0 Å². The molecule has 1 fully saturated rings. The summed E-state index contributed by atoms with van der Waals surface area (Å²) < 4.78 is 29.9. The Hall–Kier alpha value is -3.74. The summed E-state index contributed by atoms with van der Waals surface area (Å²) >= 11 is 0. The van der Waals surface area contributed by atoms with Crippen LogP contribution in [0.1, 0.15) is 251 Å². The van der Waals surface area contributed by atoms with Gasteiger partial charge >= 0.3 is 24.0 Å². The largest absolute Gasteiger partial charge is 0.481 e. The van der Waals surface area contributed by atoms with Crippen LogP contribution in [0.25, 0.3) is 0 Å². The quantitative estimate of drug-likeness (QED) is 0.0211. The number of aliphatic carboxylic acids is 1. The number of nitrogens with zero attached hydrogens (tertiary/aromatic N) is 1. The number of benzene rings is 1. The van der Waals surface area contributed by atoms with E-state index in [0.29, 0.717) is 45.4 Å². The minimum absolute atomic E-state index is 0.0169. The fourth-order valence-electron chi connectivity index (χ4n) is 9.83. The molecule has 1 heterocycles. The van der Waals surface area contributed by atoms with Crippen LogP contribution in [0.2, 0.25) is 0 Å². The van der Waals surface area contributed by atoms with E-state index in [1.165, 1.54) is 83.5 Å². The Morgan fingerprint density at radius 3 is 1.80 bits per heavy atom. The van der Waals surface area contributed by atoms with Crippen molar-refractivity contribution >= 4 is 24.0 Å². The zero-order valence-electron chi connectivity index (χ0n) is 48.7. The van der Waals surface area contributed by atoms with Crippen molar-refractivity contribution < 1.29 is 48.0 Å². The Kier molecular flexibility index (Phi) is 43.5. The van der Waals surface area contributed by atoms with Crippen molar-refractivity contribution in [2.75, 3.05) is 46.0 Å². The van der Waals surface area contributed by atoms with Crippen LogP contribution in [0, 0.1) is 11.8 Å². The third-order valence-electron chi connectivity index (χ3n) is 14.6. The molecule has 436 valence electrons. The van der Waals surface area contributed by atoms with Crippen LogP contribution in [0.4, 0.5) is 4.79 Å². The van der Waals surface area contributed by atoms with E-state index in [2.05, 4.69) is 62.2 Å². The highest BCUT2D eigenvalue weighted by atomic mass is 16.7. The second-order valence-corrected chi connectivity index (χ2v) is 21.5. The molecule has 1 aromatic rings. The molecule has 12 nitrogen and oxygen atoms in total. The first kappa shape index (κ1) is 68.4. The van der Waals surface area contributed by atoms with Gasteiger partial charge in [-0.15, -0.1) is 0 Å². The number of hydrogen-bond donors (Lipinski definition) is 2. The zero-order valence-corrected chi connectivity index (χ0v) is 48.7. The molecule has 0 radical (unpaired) electrons. The van der Waals surface area contributed by atoms with Crippen molar-refractivity contribution in [3.8, 4) is 0 Å². The monoisotopic (exact) mass is 1070 g/mol. The SMILES string of the molecule is CCCCC/C=C\C/C=C\CCCCCC(COC(=O)CCC(OCCCCCCCC)OCCCCCCCC)C(Cc1cccc(COC(=O)CCC(CCCCCC)OC(=O)NCCN2CCCC2)c1)C(=O)O. The fourth-order valence-corrected chi connectivity index (χ4v) is 9.83. The van der Waals surface area contributed by atoms with Gasteiger partial charge in [0.15, 0.2) is 6.29 Å². The predicted molar refractivity (Wildman–Crippen MR) is 309 cm³/mol. The fraction of sp³-hybridized carbons (Fsp3) is 0.781. The summed E-state index contributed by atoms with van der Waals surface area (Å²) in [5.74, 6) is -2.87. The van der Waals surface area contributed by atoms with E-state index in [1.807, 2.05) is 24.3 Å². The second kappa shape index (κ2) is 48.4. The van der Waals surface area contributed by atoms with Crippen LogP contribution in [0.3, 0.4) is 0 Å². The highest BCUT2D eigenvalue weighted by Gasteiger charge is 2.30. The summed E-state index contributed by atoms with van der Waals surface area (Å²) in [6.07, 6.45) is 40.3. The van der Waals surface area contributed by atoms with E-state index < -0.39 is 30.2 Å². The number of esters is 2. The molecule has 12 heteroatoms. The molecule has 2 rings (SSSR count). The molecule has 0 aliphatic carbocycles. The van der Waals surface area contributed by atoms with Crippen molar-refractivity contribution in [3.05, 3.63) is 59.7 Å². The smallest absolute Gasteiger partial charge is 0.407 e. The normalized spacial score (nSPS) is 14.2. The molecule has 1 aromatic carbocycles. The van der Waals surface area contributed by atoms with Crippen LogP contribution < -0.4 is 5.32 Å². The molecule has 0 bridgehead atoms. The predicted octanol–water partition coefficient (Wildman–Crippen LogP) is 16.0. The maximum atomic E-state index is 13.4. The second-order valence-electron chi connectivity index (χ2n) is 21.5. The van der Waals surface area contributed by atoms with Gasteiger partial charge in [0, 0.05) is 45.1 Å². The Bertz CT molecular complexity index is 1630. The standard InChI is InChI=1S/C64H110N2O10/c1-5-9-13-17-20-21-22-23-24-25-26-27-30-39-57(54-75-61(68)43-44-62(72-49-34-28-18-14-10-6-2)73-50-35-29-19-15-11-7-3)59(63(69)70)52-55-37-36-38-56(51-55)53-74-60(67)42-41-58(40-31-16-12-8-4)76-64(71)65-45-48-66-46-32-33-47-66/h20-21,23-24,36-38,51,57-59,62H,5-19,22,25-35,39-50,52-54H2,1-4H3,(H,65,71)(H,69,70)/b21-20-,24-23-. The van der Waals surface area contributed by atoms with Gasteiger partial charge in [0.05, 0.1) is 18.9 Å². The number of carbonyl (C=O) groups is 4. The maximum Gasteiger partial charge on any atom is 0.407 e. The minimum atomic E-state index is -0.929. The Labute approximate surface area is 463 Å². The molecular weight excluding hydrogens is 957 g/mol. The summed E-state index contributed by atoms with van der Waals surface area (Å²) in [6.45, 7) is 13.5. The summed E-state index contributed by atoms with van der Waals surface area (Å²) in [5.41, 5.74) is 1.57. The van der Waals surface area contributed by atoms with Gasteiger partial charge in [-0.1, -0.05) is 185 Å². The van der Waals surface area contributed by atoms with Crippen LogP contribution in [-0.2, 0) is 51.1 Å². The van der Waals surface area contributed by atoms with Gasteiger partial charge in [-0.25, -0.2) is 4.79 Å². The van der Waals surface area contributed by atoms with Crippen molar-refractivity contribution in [3.63, 3.8) is 0 Å². The van der Waals surface area contributed by atoms with E-state index >= 15 is 0 Å². The van der Waals surface area contributed by atoms with Gasteiger partial charge in [0.2, 0.25) is 0 Å². The lowest BCUT2D eigenvalue weighted by molar-refractivity contribution is -0.161. The van der Waals surface area contributed by atoms with Gasteiger partial charge in [-0.05, 0) is 114 Å². The number of carbonyl (C=O) groups excluding carboxylic acids is 3. The topological polar surface area (TPSA) is 150 Å². The van der Waals surface area contributed by atoms with Crippen LogP contribution >= 0.6 is 0 Å². The van der Waals surface area contributed by atoms with E-state index in [9.17, 15) is 24.3 Å². The average molecular weight is 1070 g/mol. The highest BCUT2D eigenvalue weighted by Crippen LogP contribution is 2.26. The van der Waals surface area contributed by atoms with Crippen LogP contribution in [0.5, 0.6) is 0 Å². The number of amides is 1. The summed E-state index contributed by atoms with van der Waals surface area (Å²) in [6, 6.07) is 7.55. The summed E-state index contributed by atoms with van der Waals surface area (Å²) in [5, 5.41) is 13.6. The average Bonchev–Trinajstić information content (AvgIpc) is 3.94. The number of ether oxygens (including phenoxy) is 5. The molecule has 1 saturated heterocycles. The molecule has 76 heavy (non-hydrogen) atoms. The van der Waals surface area contributed by atoms with Gasteiger partial charge < -0.3 is 39.0 Å². The molecule has 0 saturated carbocycles. The lowest BCUT2D eigenvalue weighted by Crippen LogP contribution is -2.35. The Morgan fingerprint density at radius 2 is 1.16 bits per heavy atom. The summed E-state index contributed by atoms with van der Waals surface area (Å²) in [7, 11) is 0. The first-order valence-electron chi connectivity index (χ1n) is 31.0. The molecular formula is C64H110N2O10. The molecule has 0 spiro atoms. The van der Waals surface area contributed by atoms with E-state index in [0.717, 1.165) is 121 Å². The number of unbranched alkanes of at least 4 members (excludes halogenated alkanes) is 19. The summed E-state index contributed by atoms with van der Waals surface area (Å²) in [4.78, 5) is 54.7. The minimum Gasteiger partial charge on any atom is -0.481 e. The Morgan fingerprint density at radius 1 is 0.618 bits per heavy atom. The molecule has 1 aliphatic heterocycles. The van der Waals surface area contributed by atoms with Crippen molar-refractivity contribution in [2.45, 2.75) is 265 Å². The lowest BCUT2D eigenvalue weighted by Gasteiger charge is -2.25. The van der Waals surface area contributed by atoms with Crippen molar-refractivity contribution in [1.82, 2.24) is 10.2 Å². The van der Waals surface area contributed by atoms with E-state index in [4.69, 9.17) is 23.7 Å². The van der Waals surface area contributed by atoms with E-state index in [1.54, 1.807) is 0 Å². The van der Waals surface area contributed by atoms with Gasteiger partial charge in [0.1, 0.15) is 12.7 Å². The Balaban J connectivity index is 2.06. The van der Waals surface area contributed by atoms with Gasteiger partial charge in [-0.3, -0.25) is 14.4 Å². The van der Waals surface area contributed by atoms with Crippen LogP contribution in [-0.4, -0.2) is 92.4 Å². The molecule has 3 unspecified atom stereocenters. The van der Waals surface area contributed by atoms with Crippen molar-refractivity contribution in [2.24, 2.45) is 11.8 Å². The first-order chi connectivity index (χ1) is 37.2. The number of hydrogen-bond acceptors (Lipinski definition) is 10. The molecule has 1 aliphatic rings. The third-order valence-corrected chi connectivity index (χ3v) is 14.6. The number of carboxylic acid groups (broad SMARTS) is 1. The lowest BCUT2D eigenvalue weighted by atomic mass is 9.83. The molecule has 0 aromatic heterocycles. The first-order valence-corrected chi connectivity index (χ1v) is 31.0. The van der Waals surface area contributed by atoms with E-state index in [-0.39, 0.29) is 50.5 Å². The highest BCUT2D eigenvalue weighted by molar-refractivity contribution is 5.72. The molecule has 3 atom stereocenters. The number of rotatable bonds is 51. The number of likely N-dealkylation sites (tertiary alicyclic amines) is 1. The zero-order chi connectivity index (χ0) is 54.9. The number of nitrogens with one attached hydrogen (secondary N) is 1. The molecule has 2 N–H and O–H groups in total. The number of allylic oxidation sites excluding steroid dienone is 4. The molecule has 1 amide bonds. The van der Waals surface area contributed by atoms with Gasteiger partial charge in [-0.2, -0.15) is 0 Å². The number of alkyl carbamates (subject to hydrolysis) is 1. The number of carboxylic acids is 1. The maximum absolute atomic E-state index is 13.4. The van der Waals surface area contributed by atoms with Gasteiger partial charge in [0.25, 0.3) is 0 Å². The third kappa shape index (κ3) is 37.9.